The number of hydrogen-bond donors (Lipinski definition) is 5. The van der Waals surface area contributed by atoms with Crippen LogP contribution in [0.25, 0.3) is 0 Å². The monoisotopic (exact) mass is 828 g/mol. The number of esters is 1. The van der Waals surface area contributed by atoms with Crippen molar-refractivity contribution in [2.45, 2.75) is 159 Å². The van der Waals surface area contributed by atoms with Gasteiger partial charge in [-0.2, -0.15) is 0 Å². The highest BCUT2D eigenvalue weighted by atomic mass is 16.7. The summed E-state index contributed by atoms with van der Waals surface area (Å²) in [5.41, 5.74) is -0.749. The maximum Gasteiger partial charge on any atom is 0.303 e. The third-order valence-electron chi connectivity index (χ3n) is 15.2. The summed E-state index contributed by atoms with van der Waals surface area (Å²) in [5, 5.41) is 56.7. The molecule has 17 atom stereocenters. The quantitative estimate of drug-likeness (QED) is 0.110. The zero-order valence-electron chi connectivity index (χ0n) is 34.9. The van der Waals surface area contributed by atoms with E-state index in [0.29, 0.717) is 37.2 Å². The minimum absolute atomic E-state index is 0.0388. The van der Waals surface area contributed by atoms with Gasteiger partial charge in [0.1, 0.15) is 48.5 Å². The van der Waals surface area contributed by atoms with Crippen LogP contribution in [0.4, 0.5) is 0 Å². The Morgan fingerprint density at radius 2 is 1.59 bits per heavy atom. The summed E-state index contributed by atoms with van der Waals surface area (Å²) >= 11 is 0. The highest BCUT2D eigenvalue weighted by Crippen LogP contribution is 2.69. The van der Waals surface area contributed by atoms with Crippen molar-refractivity contribution < 1.29 is 68.3 Å². The second-order valence-corrected chi connectivity index (χ2v) is 18.5. The molecule has 0 aromatic heterocycles. The molecule has 1 aromatic carbocycles. The Hall–Kier alpha value is -2.63. The van der Waals surface area contributed by atoms with Crippen LogP contribution in [0.2, 0.25) is 0 Å². The summed E-state index contributed by atoms with van der Waals surface area (Å²) in [6, 6.07) is 8.41. The van der Waals surface area contributed by atoms with Crippen molar-refractivity contribution in [1.29, 1.82) is 0 Å². The number of aliphatic hydroxyl groups excluding tert-OH is 4. The van der Waals surface area contributed by atoms with Gasteiger partial charge in [-0.05, 0) is 74.5 Å². The fraction of sp³-hybridized carbons (Fsp3) is 0.756. The van der Waals surface area contributed by atoms with E-state index >= 15 is 0 Å². The summed E-state index contributed by atoms with van der Waals surface area (Å²) in [4.78, 5) is 39.5. The van der Waals surface area contributed by atoms with Crippen molar-refractivity contribution in [1.82, 2.24) is 0 Å². The number of benzene rings is 1. The number of fused-ring (bicyclic) bond motifs is 5. The molecule has 3 saturated carbocycles. The number of ether oxygens (including phenoxy) is 6. The third-order valence-corrected chi connectivity index (χ3v) is 15.2. The topological polar surface area (TPSA) is 208 Å². The minimum atomic E-state index is -1.64. The van der Waals surface area contributed by atoms with Crippen LogP contribution >= 0.6 is 0 Å². The van der Waals surface area contributed by atoms with Crippen LogP contribution in [0.15, 0.2) is 42.0 Å². The first-order valence-electron chi connectivity index (χ1n) is 21.6. The molecular weight excluding hydrogens is 764 g/mol. The first-order chi connectivity index (χ1) is 28.0. The molecule has 5 N–H and O–H groups in total. The molecule has 4 aliphatic carbocycles. The van der Waals surface area contributed by atoms with Gasteiger partial charge in [0, 0.05) is 30.2 Å². The molecule has 59 heavy (non-hydrogen) atoms. The molecule has 0 radical (unpaired) electrons. The Morgan fingerprint density at radius 3 is 2.29 bits per heavy atom. The molecule has 0 spiro atoms. The molecular formula is C45H64O14. The molecule has 14 nitrogen and oxygen atoms in total. The van der Waals surface area contributed by atoms with Crippen molar-refractivity contribution in [2.24, 2.45) is 34.5 Å². The number of carbonyl (C=O) groups is 3. The van der Waals surface area contributed by atoms with E-state index in [1.165, 1.54) is 12.5 Å². The van der Waals surface area contributed by atoms with E-state index in [-0.39, 0.29) is 54.6 Å². The molecule has 14 heteroatoms. The number of aliphatic hydroxyl groups is 5. The molecule has 1 aromatic rings. The number of hydrogen-bond acceptors (Lipinski definition) is 14. The molecule has 328 valence electrons. The van der Waals surface area contributed by atoms with Crippen molar-refractivity contribution in [2.75, 3.05) is 19.8 Å². The lowest BCUT2D eigenvalue weighted by Gasteiger charge is -2.59. The summed E-state index contributed by atoms with van der Waals surface area (Å²) < 4.78 is 36.6. The molecule has 7 rings (SSSR count). The predicted molar refractivity (Wildman–Crippen MR) is 210 cm³/mol. The van der Waals surface area contributed by atoms with E-state index in [0.717, 1.165) is 25.7 Å². The van der Waals surface area contributed by atoms with Crippen molar-refractivity contribution in [3.05, 3.63) is 47.5 Å². The maximum absolute atomic E-state index is 13.8. The molecule has 0 bridgehead atoms. The zero-order valence-corrected chi connectivity index (χ0v) is 34.9. The Bertz CT molecular complexity index is 1700. The second-order valence-electron chi connectivity index (χ2n) is 18.5. The fourth-order valence-electron chi connectivity index (χ4n) is 11.9. The van der Waals surface area contributed by atoms with Gasteiger partial charge in [0.15, 0.2) is 24.5 Å². The number of rotatable bonds is 13. The number of allylic oxidation sites excluding steroid dienone is 1. The summed E-state index contributed by atoms with van der Waals surface area (Å²) in [5.74, 6) is -1.52. The molecule has 2 heterocycles. The summed E-state index contributed by atoms with van der Waals surface area (Å²) in [6.07, 6.45) is -4.35. The molecule has 2 aliphatic heterocycles. The van der Waals surface area contributed by atoms with Gasteiger partial charge in [-0.25, -0.2) is 0 Å². The van der Waals surface area contributed by atoms with Crippen LogP contribution in [-0.4, -0.2) is 130 Å². The highest BCUT2D eigenvalue weighted by molar-refractivity contribution is 5.97. The highest BCUT2D eigenvalue weighted by Gasteiger charge is 2.70. The maximum atomic E-state index is 13.8. The normalized spacial score (nSPS) is 43.7. The molecule has 3 unspecified atom stereocenters. The van der Waals surface area contributed by atoms with Gasteiger partial charge in [0.05, 0.1) is 25.4 Å². The van der Waals surface area contributed by atoms with Crippen molar-refractivity contribution in [3.63, 3.8) is 0 Å². The molecule has 5 fully saturated rings. The SMILES string of the molecule is CCCC(=O)[C@@H](C)[C@@]1(O)[C@@H](O[C@H]2OC[C@H](O)[C@@H](O[C@@H]3OC[C@@H](O)[C@H](O)[C@@H]3OCC(=O)c3ccccc3)[C@H]2OC(C)=O)CC2C3CC=C4C[C@@H](O)CC[C@]4(C)C3CC[C@@]21C. The van der Waals surface area contributed by atoms with E-state index in [1.54, 1.807) is 37.3 Å². The van der Waals surface area contributed by atoms with Crippen LogP contribution < -0.4 is 0 Å². The van der Waals surface area contributed by atoms with Gasteiger partial charge >= 0.3 is 5.97 Å². The largest absolute Gasteiger partial charge is 0.454 e. The van der Waals surface area contributed by atoms with Crippen LogP contribution in [0, 0.1) is 34.5 Å². The van der Waals surface area contributed by atoms with E-state index in [9.17, 15) is 39.9 Å². The predicted octanol–water partition coefficient (Wildman–Crippen LogP) is 3.42. The fourth-order valence-corrected chi connectivity index (χ4v) is 11.9. The molecule has 6 aliphatic rings. The molecule has 2 saturated heterocycles. The smallest absolute Gasteiger partial charge is 0.303 e. The van der Waals surface area contributed by atoms with E-state index in [1.807, 2.05) is 6.92 Å². The Morgan fingerprint density at radius 1 is 0.898 bits per heavy atom. The van der Waals surface area contributed by atoms with Crippen molar-refractivity contribution in [3.8, 4) is 0 Å². The Kier molecular flexibility index (Phi) is 13.3. The first kappa shape index (κ1) is 44.4. The summed E-state index contributed by atoms with van der Waals surface area (Å²) in [7, 11) is 0. The van der Waals surface area contributed by atoms with Crippen LogP contribution in [0.5, 0.6) is 0 Å². The van der Waals surface area contributed by atoms with E-state index in [4.69, 9.17) is 28.4 Å². The standard InChI is InChI=1S/C45H64O14/c1-6-10-32(48)24(2)45(53)36(20-31-29-14-13-27-19-28(47)15-17-43(27,4)30(29)16-18-44(31,45)5)58-42-40(57-25(3)46)38(35(51)23-56-42)59-41-39(37(52)34(50)22-55-41)54-21-33(49)26-11-8-7-9-12-26/h7-9,11-13,24,28-31,34-42,47,50-53H,6,10,14-23H2,1-5H3/t24-,28+,29?,30?,31?,34-,35+,36+,37+,38-,39+,40-,41+,42-,43+,44+,45-/m1/s1. The van der Waals surface area contributed by atoms with Gasteiger partial charge in [-0.3, -0.25) is 14.4 Å². The zero-order chi connectivity index (χ0) is 42.4. The van der Waals surface area contributed by atoms with Crippen LogP contribution in [0.3, 0.4) is 0 Å². The Labute approximate surface area is 346 Å². The van der Waals surface area contributed by atoms with Crippen LogP contribution in [0.1, 0.15) is 103 Å². The number of Topliss-reactive ketones (excluding diaryl/α,β-unsaturated/α-hetero) is 2. The number of ketones is 2. The average molecular weight is 829 g/mol. The van der Waals surface area contributed by atoms with Gasteiger partial charge < -0.3 is 54.0 Å². The lowest BCUT2D eigenvalue weighted by molar-refractivity contribution is -0.348. The average Bonchev–Trinajstić information content (AvgIpc) is 3.44. The number of carbonyl (C=O) groups excluding carboxylic acids is 3. The van der Waals surface area contributed by atoms with Gasteiger partial charge in [-0.15, -0.1) is 0 Å². The van der Waals surface area contributed by atoms with E-state index in [2.05, 4.69) is 19.9 Å². The third kappa shape index (κ3) is 8.12. The Balaban J connectivity index is 1.17. The first-order valence-corrected chi connectivity index (χ1v) is 21.6. The van der Waals surface area contributed by atoms with Gasteiger partial charge in [0.2, 0.25) is 0 Å². The lowest BCUT2D eigenvalue weighted by atomic mass is 9.46. The van der Waals surface area contributed by atoms with Gasteiger partial charge in [-0.1, -0.05) is 69.7 Å². The molecule has 0 amide bonds. The second kappa shape index (κ2) is 17.6. The minimum Gasteiger partial charge on any atom is -0.454 e. The van der Waals surface area contributed by atoms with Crippen LogP contribution in [-0.2, 0) is 38.0 Å². The van der Waals surface area contributed by atoms with E-state index < -0.39 is 84.8 Å². The van der Waals surface area contributed by atoms with Crippen molar-refractivity contribution >= 4 is 17.5 Å². The lowest BCUT2D eigenvalue weighted by Crippen LogP contribution is -2.64. The van der Waals surface area contributed by atoms with Gasteiger partial charge in [0.25, 0.3) is 0 Å². The summed E-state index contributed by atoms with van der Waals surface area (Å²) in [6.45, 7) is 8.14.